The highest BCUT2D eigenvalue weighted by molar-refractivity contribution is 5.77. The fourth-order valence-electron chi connectivity index (χ4n) is 1.11. The second-order valence-electron chi connectivity index (χ2n) is 3.19. The van der Waals surface area contributed by atoms with E-state index >= 15 is 0 Å². The average Bonchev–Trinajstić information content (AvgIpc) is 2.37. The Kier molecular flexibility index (Phi) is 5.06. The van der Waals surface area contributed by atoms with E-state index in [1.165, 1.54) is 0 Å². The number of nitriles is 2. The Hall–Kier alpha value is -2.53. The minimum atomic E-state index is -0.289. The number of nitrogens with zero attached hydrogens (tertiary/aromatic N) is 2. The maximum Gasteiger partial charge on any atom is 0.257 e. The van der Waals surface area contributed by atoms with Gasteiger partial charge in [-0.3, -0.25) is 4.79 Å². The molecule has 5 heteroatoms. The molecule has 0 fully saturated rings. The SMILES string of the molecule is N#CCCNC(=O)COc1cccc(C#N)c1. The summed E-state index contributed by atoms with van der Waals surface area (Å²) in [5, 5.41) is 19.5. The summed E-state index contributed by atoms with van der Waals surface area (Å²) in [6, 6.07) is 10.5. The van der Waals surface area contributed by atoms with Crippen LogP contribution in [0.4, 0.5) is 0 Å². The van der Waals surface area contributed by atoms with E-state index in [1.54, 1.807) is 24.3 Å². The van der Waals surface area contributed by atoms with Crippen molar-refractivity contribution in [2.45, 2.75) is 6.42 Å². The van der Waals surface area contributed by atoms with Crippen molar-refractivity contribution in [2.24, 2.45) is 0 Å². The highest BCUT2D eigenvalue weighted by atomic mass is 16.5. The molecule has 0 unspecified atom stereocenters. The Morgan fingerprint density at radius 3 is 2.94 bits per heavy atom. The number of carbonyl (C=O) groups excluding carboxylic acids is 1. The van der Waals surface area contributed by atoms with Gasteiger partial charge >= 0.3 is 0 Å². The summed E-state index contributed by atoms with van der Waals surface area (Å²) in [6.45, 7) is 0.192. The van der Waals surface area contributed by atoms with Crippen molar-refractivity contribution in [3.8, 4) is 17.9 Å². The maximum absolute atomic E-state index is 11.2. The molecule has 1 aromatic carbocycles. The number of hydrogen-bond acceptors (Lipinski definition) is 4. The second-order valence-corrected chi connectivity index (χ2v) is 3.19. The Balaban J connectivity index is 2.37. The Morgan fingerprint density at radius 1 is 1.41 bits per heavy atom. The lowest BCUT2D eigenvalue weighted by Gasteiger charge is -2.06. The molecule has 0 saturated heterocycles. The van der Waals surface area contributed by atoms with Crippen LogP contribution in [0, 0.1) is 22.7 Å². The summed E-state index contributed by atoms with van der Waals surface area (Å²) in [7, 11) is 0. The summed E-state index contributed by atoms with van der Waals surface area (Å²) in [6.07, 6.45) is 0.273. The molecular weight excluding hydrogens is 218 g/mol. The largest absolute Gasteiger partial charge is 0.484 e. The van der Waals surface area contributed by atoms with E-state index in [0.717, 1.165) is 0 Å². The fraction of sp³-hybridized carbons (Fsp3) is 0.250. The molecule has 17 heavy (non-hydrogen) atoms. The zero-order valence-corrected chi connectivity index (χ0v) is 9.14. The molecule has 1 amide bonds. The van der Waals surface area contributed by atoms with Gasteiger partial charge in [0.2, 0.25) is 0 Å². The van der Waals surface area contributed by atoms with Crippen LogP contribution in [0.3, 0.4) is 0 Å². The molecule has 0 spiro atoms. The first kappa shape index (κ1) is 12.5. The standard InChI is InChI=1S/C12H11N3O2/c13-5-2-6-15-12(16)9-17-11-4-1-3-10(7-11)8-14/h1,3-4,7H,2,6,9H2,(H,15,16). The molecule has 0 saturated carbocycles. The van der Waals surface area contributed by atoms with Gasteiger partial charge in [-0.05, 0) is 18.2 Å². The highest BCUT2D eigenvalue weighted by Gasteiger charge is 2.02. The maximum atomic E-state index is 11.2. The number of carbonyl (C=O) groups is 1. The quantitative estimate of drug-likeness (QED) is 0.762. The molecular formula is C12H11N3O2. The average molecular weight is 229 g/mol. The van der Waals surface area contributed by atoms with Crippen LogP contribution >= 0.6 is 0 Å². The van der Waals surface area contributed by atoms with Crippen molar-refractivity contribution < 1.29 is 9.53 Å². The van der Waals surface area contributed by atoms with Crippen LogP contribution in [0.25, 0.3) is 0 Å². The lowest BCUT2D eigenvalue weighted by Crippen LogP contribution is -2.29. The van der Waals surface area contributed by atoms with E-state index in [0.29, 0.717) is 17.9 Å². The molecule has 0 aliphatic rings. The number of nitrogens with one attached hydrogen (secondary N) is 1. The van der Waals surface area contributed by atoms with Gasteiger partial charge in [-0.25, -0.2) is 0 Å². The van der Waals surface area contributed by atoms with Gasteiger partial charge in [0.1, 0.15) is 5.75 Å². The van der Waals surface area contributed by atoms with E-state index < -0.39 is 0 Å². The molecule has 5 nitrogen and oxygen atoms in total. The number of benzene rings is 1. The van der Waals surface area contributed by atoms with Gasteiger partial charge in [0.25, 0.3) is 5.91 Å². The monoisotopic (exact) mass is 229 g/mol. The minimum absolute atomic E-state index is 0.125. The van der Waals surface area contributed by atoms with Crippen molar-refractivity contribution in [3.63, 3.8) is 0 Å². The first-order valence-electron chi connectivity index (χ1n) is 5.03. The van der Waals surface area contributed by atoms with Crippen LogP contribution in [0.15, 0.2) is 24.3 Å². The van der Waals surface area contributed by atoms with Crippen molar-refractivity contribution in [3.05, 3.63) is 29.8 Å². The van der Waals surface area contributed by atoms with Gasteiger partial charge in [0.05, 0.1) is 24.1 Å². The topological polar surface area (TPSA) is 85.9 Å². The first-order chi connectivity index (χ1) is 8.26. The van der Waals surface area contributed by atoms with Gasteiger partial charge in [-0.1, -0.05) is 6.07 Å². The molecule has 0 radical (unpaired) electrons. The smallest absolute Gasteiger partial charge is 0.257 e. The molecule has 0 aromatic heterocycles. The van der Waals surface area contributed by atoms with Gasteiger partial charge in [0.15, 0.2) is 6.61 Å². The third kappa shape index (κ3) is 4.67. The van der Waals surface area contributed by atoms with Crippen LogP contribution in [0.1, 0.15) is 12.0 Å². The third-order valence-corrected chi connectivity index (χ3v) is 1.89. The van der Waals surface area contributed by atoms with Crippen LogP contribution in [-0.2, 0) is 4.79 Å². The van der Waals surface area contributed by atoms with Crippen LogP contribution in [-0.4, -0.2) is 19.1 Å². The lowest BCUT2D eigenvalue weighted by atomic mass is 10.2. The van der Waals surface area contributed by atoms with Crippen LogP contribution < -0.4 is 10.1 Å². The van der Waals surface area contributed by atoms with Crippen molar-refractivity contribution in [1.29, 1.82) is 10.5 Å². The molecule has 0 heterocycles. The second kappa shape index (κ2) is 6.86. The molecule has 0 aliphatic heterocycles. The van der Waals surface area contributed by atoms with Gasteiger partial charge in [0, 0.05) is 6.54 Å². The summed E-state index contributed by atoms with van der Waals surface area (Å²) in [5.41, 5.74) is 0.479. The number of amides is 1. The predicted octanol–water partition coefficient (Wildman–Crippen LogP) is 0.967. The highest BCUT2D eigenvalue weighted by Crippen LogP contribution is 2.11. The van der Waals surface area contributed by atoms with Crippen molar-refractivity contribution >= 4 is 5.91 Å². The van der Waals surface area contributed by atoms with Crippen molar-refractivity contribution in [1.82, 2.24) is 5.32 Å². The normalized spacial score (nSPS) is 8.82. The van der Waals surface area contributed by atoms with Gasteiger partial charge < -0.3 is 10.1 Å². The Labute approximate surface area is 99.2 Å². The van der Waals surface area contributed by atoms with Crippen molar-refractivity contribution in [2.75, 3.05) is 13.2 Å². The predicted molar refractivity (Wildman–Crippen MR) is 59.9 cm³/mol. The number of hydrogen-bond donors (Lipinski definition) is 1. The zero-order valence-electron chi connectivity index (χ0n) is 9.14. The Bertz CT molecular complexity index is 471. The summed E-state index contributed by atoms with van der Waals surface area (Å²) < 4.78 is 5.19. The van der Waals surface area contributed by atoms with E-state index in [9.17, 15) is 4.79 Å². The van der Waals surface area contributed by atoms with Gasteiger partial charge in [-0.15, -0.1) is 0 Å². The lowest BCUT2D eigenvalue weighted by molar-refractivity contribution is -0.123. The number of rotatable bonds is 5. The minimum Gasteiger partial charge on any atom is -0.484 e. The fourth-order valence-corrected chi connectivity index (χ4v) is 1.11. The first-order valence-corrected chi connectivity index (χ1v) is 5.03. The molecule has 0 bridgehead atoms. The summed E-state index contributed by atoms with van der Waals surface area (Å²) in [4.78, 5) is 11.2. The summed E-state index contributed by atoms with van der Waals surface area (Å²) in [5.74, 6) is 0.182. The zero-order chi connectivity index (χ0) is 12.5. The van der Waals surface area contributed by atoms with E-state index in [-0.39, 0.29) is 18.9 Å². The molecule has 1 rings (SSSR count). The van der Waals surface area contributed by atoms with Crippen LogP contribution in [0.2, 0.25) is 0 Å². The molecule has 0 atom stereocenters. The number of ether oxygens (including phenoxy) is 1. The molecule has 1 N–H and O–H groups in total. The molecule has 86 valence electrons. The van der Waals surface area contributed by atoms with E-state index in [1.807, 2.05) is 12.1 Å². The van der Waals surface area contributed by atoms with Gasteiger partial charge in [-0.2, -0.15) is 10.5 Å². The van der Waals surface area contributed by atoms with Crippen LogP contribution in [0.5, 0.6) is 5.75 Å². The molecule has 0 aliphatic carbocycles. The Morgan fingerprint density at radius 2 is 2.24 bits per heavy atom. The third-order valence-electron chi connectivity index (χ3n) is 1.89. The summed E-state index contributed by atoms with van der Waals surface area (Å²) >= 11 is 0. The molecule has 1 aromatic rings. The van der Waals surface area contributed by atoms with E-state index in [4.69, 9.17) is 15.3 Å². The van der Waals surface area contributed by atoms with E-state index in [2.05, 4.69) is 5.32 Å².